The fourth-order valence-corrected chi connectivity index (χ4v) is 5.17. The Morgan fingerprint density at radius 1 is 0.839 bits per heavy atom. The van der Waals surface area contributed by atoms with E-state index in [9.17, 15) is 14.4 Å². The van der Waals surface area contributed by atoms with Crippen molar-refractivity contribution in [2.24, 2.45) is 17.8 Å². The van der Waals surface area contributed by atoms with Gasteiger partial charge in [-0.15, -0.1) is 0 Å². The van der Waals surface area contributed by atoms with Gasteiger partial charge in [-0.25, -0.2) is 9.29 Å². The molecule has 0 aliphatic rings. The second-order valence-electron chi connectivity index (χ2n) is 7.71. The van der Waals surface area contributed by atoms with Crippen LogP contribution in [0.5, 0.6) is 0 Å². The van der Waals surface area contributed by atoms with Crippen LogP contribution < -0.4 is 4.90 Å². The molecule has 0 spiro atoms. The highest BCUT2D eigenvalue weighted by Gasteiger charge is 2.34. The first-order valence-electron chi connectivity index (χ1n) is 11.3. The minimum atomic E-state index is -0.662. The Bertz CT molecular complexity index is 750. The van der Waals surface area contributed by atoms with E-state index in [-0.39, 0.29) is 40.4 Å². The zero-order valence-corrected chi connectivity index (χ0v) is 21.9. The van der Waals surface area contributed by atoms with Crippen LogP contribution in [0.15, 0.2) is 21.5 Å². The highest BCUT2D eigenvalue weighted by Crippen LogP contribution is 2.37. The van der Waals surface area contributed by atoms with Gasteiger partial charge in [-0.05, 0) is 66.6 Å². The van der Waals surface area contributed by atoms with Crippen LogP contribution in [0, 0.1) is 23.6 Å². The lowest BCUT2D eigenvalue weighted by Gasteiger charge is -2.29. The van der Waals surface area contributed by atoms with E-state index < -0.39 is 5.82 Å². The predicted octanol–water partition coefficient (Wildman–Crippen LogP) is 7.38. The van der Waals surface area contributed by atoms with Crippen LogP contribution in [0.2, 0.25) is 0 Å². The number of amides is 2. The molecule has 0 saturated carbocycles. The van der Waals surface area contributed by atoms with Crippen molar-refractivity contribution in [2.45, 2.75) is 85.0 Å². The summed E-state index contributed by atoms with van der Waals surface area (Å²) < 4.78 is 15.5. The van der Waals surface area contributed by atoms with Gasteiger partial charge < -0.3 is 0 Å². The van der Waals surface area contributed by atoms with E-state index >= 15 is 4.39 Å². The lowest BCUT2D eigenvalue weighted by Crippen LogP contribution is -2.44. The number of rotatable bonds is 11. The third-order valence-electron chi connectivity index (χ3n) is 5.88. The van der Waals surface area contributed by atoms with Crippen molar-refractivity contribution in [2.75, 3.05) is 4.90 Å². The van der Waals surface area contributed by atoms with Crippen LogP contribution in [0.25, 0.3) is 0 Å². The summed E-state index contributed by atoms with van der Waals surface area (Å²) in [6.45, 7) is 11.5. The normalized spacial score (nSPS) is 11.5. The molecule has 1 rings (SSSR count). The summed E-state index contributed by atoms with van der Waals surface area (Å²) in [5, 5.41) is -0.00699. The predicted molar refractivity (Wildman–Crippen MR) is 130 cm³/mol. The quantitative estimate of drug-likeness (QED) is 0.288. The molecule has 0 N–H and O–H groups in total. The standard InChI is InChI=1S/C24H35BrFNO3S/c1-7-15(8-2)22(28)27(23(29)16(9-3)10-4)20-14-21(18(25)13-19(20)26)31-24(30)17(11-5)12-6/h13-17H,7-12H2,1-6H3. The molecule has 0 unspecified atom stereocenters. The SMILES string of the molecule is CCC(CC)C(=O)Sc1cc(N(C(=O)C(CC)CC)C(=O)C(CC)CC)c(F)cc1Br. The van der Waals surface area contributed by atoms with Crippen molar-refractivity contribution in [3.8, 4) is 0 Å². The number of hydrogen-bond acceptors (Lipinski definition) is 4. The summed E-state index contributed by atoms with van der Waals surface area (Å²) in [6, 6.07) is 2.70. The van der Waals surface area contributed by atoms with Crippen LogP contribution in [-0.4, -0.2) is 16.9 Å². The highest BCUT2D eigenvalue weighted by atomic mass is 79.9. The molecule has 0 heterocycles. The molecule has 0 saturated heterocycles. The van der Waals surface area contributed by atoms with Gasteiger partial charge in [0.2, 0.25) is 11.8 Å². The van der Waals surface area contributed by atoms with Crippen molar-refractivity contribution in [1.29, 1.82) is 0 Å². The molecular weight excluding hydrogens is 481 g/mol. The molecule has 1 aromatic rings. The lowest BCUT2D eigenvalue weighted by atomic mass is 9.97. The van der Waals surface area contributed by atoms with Gasteiger partial charge in [0.1, 0.15) is 5.82 Å². The molecule has 0 fully saturated rings. The number of imide groups is 1. The number of benzene rings is 1. The zero-order valence-electron chi connectivity index (χ0n) is 19.5. The van der Waals surface area contributed by atoms with E-state index in [0.717, 1.165) is 29.5 Å². The number of carbonyl (C=O) groups is 3. The number of thioether (sulfide) groups is 1. The summed E-state index contributed by atoms with van der Waals surface area (Å²) in [5.74, 6) is -2.27. The van der Waals surface area contributed by atoms with Gasteiger partial charge in [-0.2, -0.15) is 0 Å². The van der Waals surface area contributed by atoms with Gasteiger partial charge in [0.05, 0.1) is 5.69 Å². The molecule has 0 atom stereocenters. The maximum absolute atomic E-state index is 15.1. The summed E-state index contributed by atoms with van der Waals surface area (Å²) in [7, 11) is 0. The number of halogens is 2. The van der Waals surface area contributed by atoms with Crippen LogP contribution in [0.4, 0.5) is 10.1 Å². The molecule has 174 valence electrons. The van der Waals surface area contributed by atoms with Crippen molar-refractivity contribution >= 4 is 50.3 Å². The van der Waals surface area contributed by atoms with Crippen molar-refractivity contribution < 1.29 is 18.8 Å². The minimum Gasteiger partial charge on any atom is -0.287 e. The molecule has 0 aliphatic heterocycles. The number of nitrogens with zero attached hydrogens (tertiary/aromatic N) is 1. The van der Waals surface area contributed by atoms with Crippen molar-refractivity contribution in [1.82, 2.24) is 0 Å². The zero-order chi connectivity index (χ0) is 23.7. The minimum absolute atomic E-state index is 0.00699. The summed E-state index contributed by atoms with van der Waals surface area (Å²) in [6.07, 6.45) is 3.70. The maximum atomic E-state index is 15.1. The largest absolute Gasteiger partial charge is 0.287 e. The highest BCUT2D eigenvalue weighted by molar-refractivity contribution is 9.10. The molecule has 7 heteroatoms. The molecule has 1 aromatic carbocycles. The Balaban J connectivity index is 3.54. The van der Waals surface area contributed by atoms with Gasteiger partial charge in [-0.3, -0.25) is 14.4 Å². The Morgan fingerprint density at radius 3 is 1.65 bits per heavy atom. The number of hydrogen-bond donors (Lipinski definition) is 0. The summed E-state index contributed by atoms with van der Waals surface area (Å²) in [5.41, 5.74) is -0.0724. The van der Waals surface area contributed by atoms with Crippen molar-refractivity contribution in [3.05, 3.63) is 22.4 Å². The maximum Gasteiger partial charge on any atom is 0.236 e. The van der Waals surface area contributed by atoms with Gasteiger partial charge in [0.25, 0.3) is 0 Å². The number of carbonyl (C=O) groups excluding carboxylic acids is 3. The van der Waals surface area contributed by atoms with E-state index in [1.54, 1.807) is 0 Å². The fraction of sp³-hybridized carbons (Fsp3) is 0.625. The smallest absolute Gasteiger partial charge is 0.236 e. The molecule has 0 bridgehead atoms. The third kappa shape index (κ3) is 6.88. The van der Waals surface area contributed by atoms with E-state index in [1.165, 1.54) is 12.1 Å². The summed E-state index contributed by atoms with van der Waals surface area (Å²) >= 11 is 4.37. The van der Waals surface area contributed by atoms with E-state index in [2.05, 4.69) is 15.9 Å². The molecule has 0 aliphatic carbocycles. The van der Waals surface area contributed by atoms with Gasteiger partial charge in [0.15, 0.2) is 5.12 Å². The lowest BCUT2D eigenvalue weighted by molar-refractivity contribution is -0.131. The third-order valence-corrected chi connectivity index (χ3v) is 7.89. The Labute approximate surface area is 198 Å². The molecule has 4 nitrogen and oxygen atoms in total. The van der Waals surface area contributed by atoms with Crippen LogP contribution in [0.1, 0.15) is 80.1 Å². The van der Waals surface area contributed by atoms with Crippen LogP contribution >= 0.6 is 27.7 Å². The van der Waals surface area contributed by atoms with Gasteiger partial charge >= 0.3 is 0 Å². The Hall–Kier alpha value is -1.21. The van der Waals surface area contributed by atoms with E-state index in [1.807, 2.05) is 41.5 Å². The topological polar surface area (TPSA) is 54.5 Å². The Kier molecular flexibility index (Phi) is 12.0. The number of anilines is 1. The fourth-order valence-electron chi connectivity index (χ4n) is 3.57. The van der Waals surface area contributed by atoms with Gasteiger partial charge in [0, 0.05) is 27.1 Å². The molecule has 0 radical (unpaired) electrons. The second kappa shape index (κ2) is 13.4. The van der Waals surface area contributed by atoms with E-state index in [4.69, 9.17) is 0 Å². The van der Waals surface area contributed by atoms with E-state index in [0.29, 0.717) is 35.1 Å². The van der Waals surface area contributed by atoms with Gasteiger partial charge in [-0.1, -0.05) is 53.3 Å². The second-order valence-corrected chi connectivity index (χ2v) is 9.61. The molecule has 0 aromatic heterocycles. The van der Waals surface area contributed by atoms with Crippen LogP contribution in [0.3, 0.4) is 0 Å². The first kappa shape index (κ1) is 27.8. The van der Waals surface area contributed by atoms with Crippen LogP contribution in [-0.2, 0) is 14.4 Å². The molecule has 2 amide bonds. The van der Waals surface area contributed by atoms with Crippen molar-refractivity contribution in [3.63, 3.8) is 0 Å². The molecule has 31 heavy (non-hydrogen) atoms. The summed E-state index contributed by atoms with van der Waals surface area (Å²) in [4.78, 5) is 40.8. The average molecular weight is 517 g/mol. The Morgan fingerprint density at radius 2 is 1.26 bits per heavy atom. The molecular formula is C24H35BrFNO3S. The first-order chi connectivity index (χ1) is 14.7. The monoisotopic (exact) mass is 515 g/mol. The first-order valence-corrected chi connectivity index (χ1v) is 12.9. The average Bonchev–Trinajstić information content (AvgIpc) is 2.74.